The second-order valence-corrected chi connectivity index (χ2v) is 3.80. The molecule has 16 heavy (non-hydrogen) atoms. The summed E-state index contributed by atoms with van der Waals surface area (Å²) < 4.78 is 24.1. The Morgan fingerprint density at radius 3 is 3.06 bits per heavy atom. The lowest BCUT2D eigenvalue weighted by atomic mass is 10.2. The fourth-order valence-electron chi connectivity index (χ4n) is 1.64. The van der Waals surface area contributed by atoms with Crippen molar-refractivity contribution in [1.82, 2.24) is 5.32 Å². The van der Waals surface area contributed by atoms with Gasteiger partial charge in [-0.3, -0.25) is 0 Å². The van der Waals surface area contributed by atoms with Crippen LogP contribution in [0, 0.1) is 5.82 Å². The van der Waals surface area contributed by atoms with E-state index in [4.69, 9.17) is 9.47 Å². The summed E-state index contributed by atoms with van der Waals surface area (Å²) in [5, 5.41) is 3.22. The monoisotopic (exact) mass is 225 g/mol. The van der Waals surface area contributed by atoms with Gasteiger partial charge in [-0.25, -0.2) is 4.39 Å². The average Bonchev–Trinajstić information content (AvgIpc) is 2.33. The highest BCUT2D eigenvalue weighted by atomic mass is 19.1. The van der Waals surface area contributed by atoms with Crippen LogP contribution >= 0.6 is 0 Å². The molecule has 0 aromatic heterocycles. The van der Waals surface area contributed by atoms with Crippen molar-refractivity contribution in [2.75, 3.05) is 26.3 Å². The summed E-state index contributed by atoms with van der Waals surface area (Å²) in [6, 6.07) is 6.65. The Labute approximate surface area is 94.6 Å². The molecule has 1 aromatic carbocycles. The van der Waals surface area contributed by atoms with Crippen molar-refractivity contribution in [3.05, 3.63) is 35.6 Å². The van der Waals surface area contributed by atoms with Gasteiger partial charge in [-0.2, -0.15) is 0 Å². The summed E-state index contributed by atoms with van der Waals surface area (Å²) in [4.78, 5) is 0. The molecule has 1 unspecified atom stereocenters. The first-order valence-corrected chi connectivity index (χ1v) is 5.50. The number of halogens is 1. The Balaban J connectivity index is 1.73. The zero-order valence-electron chi connectivity index (χ0n) is 9.12. The van der Waals surface area contributed by atoms with Crippen molar-refractivity contribution in [2.24, 2.45) is 0 Å². The molecule has 0 amide bonds. The van der Waals surface area contributed by atoms with Crippen molar-refractivity contribution < 1.29 is 13.9 Å². The molecule has 1 saturated heterocycles. The van der Waals surface area contributed by atoms with Crippen molar-refractivity contribution in [3.63, 3.8) is 0 Å². The molecule has 1 aromatic rings. The molecule has 4 heteroatoms. The molecule has 3 nitrogen and oxygen atoms in total. The lowest BCUT2D eigenvalue weighted by Gasteiger charge is -2.23. The minimum Gasteiger partial charge on any atom is -0.374 e. The molecule has 0 radical (unpaired) electrons. The largest absolute Gasteiger partial charge is 0.374 e. The summed E-state index contributed by atoms with van der Waals surface area (Å²) in [5.41, 5.74) is 0.589. The SMILES string of the molecule is Fc1ccccc1COCC1CNCCO1. The fraction of sp³-hybridized carbons (Fsp3) is 0.500. The van der Waals surface area contributed by atoms with Gasteiger partial charge in [0, 0.05) is 18.7 Å². The molecule has 88 valence electrons. The third kappa shape index (κ3) is 3.27. The summed E-state index contributed by atoms with van der Waals surface area (Å²) in [5.74, 6) is -0.217. The maximum atomic E-state index is 13.2. The van der Waals surface area contributed by atoms with Crippen molar-refractivity contribution in [3.8, 4) is 0 Å². The minimum absolute atomic E-state index is 0.0838. The van der Waals surface area contributed by atoms with Gasteiger partial charge >= 0.3 is 0 Å². The van der Waals surface area contributed by atoms with Gasteiger partial charge in [0.2, 0.25) is 0 Å². The van der Waals surface area contributed by atoms with E-state index in [0.29, 0.717) is 25.4 Å². The van der Waals surface area contributed by atoms with Crippen LogP contribution in [0.4, 0.5) is 4.39 Å². The van der Waals surface area contributed by atoms with Crippen LogP contribution in [0.15, 0.2) is 24.3 Å². The van der Waals surface area contributed by atoms with Gasteiger partial charge in [0.05, 0.1) is 25.9 Å². The van der Waals surface area contributed by atoms with Gasteiger partial charge in [0.15, 0.2) is 0 Å². The first-order chi connectivity index (χ1) is 7.86. The van der Waals surface area contributed by atoms with E-state index in [1.165, 1.54) is 6.07 Å². The molecule has 2 rings (SSSR count). The second-order valence-electron chi connectivity index (χ2n) is 3.80. The van der Waals surface area contributed by atoms with Gasteiger partial charge in [-0.1, -0.05) is 18.2 Å². The van der Waals surface area contributed by atoms with Crippen LogP contribution in [-0.4, -0.2) is 32.4 Å². The molecule has 1 aliphatic heterocycles. The maximum absolute atomic E-state index is 13.2. The van der Waals surface area contributed by atoms with Crippen LogP contribution in [0.2, 0.25) is 0 Å². The predicted octanol–water partition coefficient (Wildman–Crippen LogP) is 1.33. The zero-order chi connectivity index (χ0) is 11.2. The molecule has 1 atom stereocenters. The average molecular weight is 225 g/mol. The van der Waals surface area contributed by atoms with E-state index < -0.39 is 0 Å². The summed E-state index contributed by atoms with van der Waals surface area (Å²) in [6.45, 7) is 3.21. The number of hydrogen-bond donors (Lipinski definition) is 1. The summed E-state index contributed by atoms with van der Waals surface area (Å²) in [7, 11) is 0. The number of nitrogens with one attached hydrogen (secondary N) is 1. The third-order valence-corrected chi connectivity index (χ3v) is 2.52. The molecule has 0 aliphatic carbocycles. The van der Waals surface area contributed by atoms with E-state index in [-0.39, 0.29) is 11.9 Å². The second kappa shape index (κ2) is 5.94. The molecule has 0 spiro atoms. The number of ether oxygens (including phenoxy) is 2. The third-order valence-electron chi connectivity index (χ3n) is 2.52. The molecule has 1 N–H and O–H groups in total. The van der Waals surface area contributed by atoms with Crippen LogP contribution in [0.5, 0.6) is 0 Å². The van der Waals surface area contributed by atoms with Crippen LogP contribution < -0.4 is 5.32 Å². The van der Waals surface area contributed by atoms with Gasteiger partial charge in [-0.05, 0) is 6.07 Å². The Kier molecular flexibility index (Phi) is 4.27. The lowest BCUT2D eigenvalue weighted by molar-refractivity contribution is -0.0361. The number of rotatable bonds is 4. The van der Waals surface area contributed by atoms with Crippen LogP contribution in [0.3, 0.4) is 0 Å². The van der Waals surface area contributed by atoms with Gasteiger partial charge in [-0.15, -0.1) is 0 Å². The van der Waals surface area contributed by atoms with Crippen molar-refractivity contribution in [2.45, 2.75) is 12.7 Å². The fourth-order valence-corrected chi connectivity index (χ4v) is 1.64. The molecule has 0 saturated carbocycles. The number of benzene rings is 1. The molecule has 1 aliphatic rings. The molecular formula is C12H16FNO2. The summed E-state index contributed by atoms with van der Waals surface area (Å²) in [6.07, 6.45) is 0.0838. The Morgan fingerprint density at radius 2 is 2.31 bits per heavy atom. The van der Waals surface area contributed by atoms with E-state index >= 15 is 0 Å². The number of morpholine rings is 1. The molecule has 0 bridgehead atoms. The normalized spacial score (nSPS) is 20.9. The highest BCUT2D eigenvalue weighted by Crippen LogP contribution is 2.08. The number of hydrogen-bond acceptors (Lipinski definition) is 3. The van der Waals surface area contributed by atoms with E-state index in [2.05, 4.69) is 5.32 Å². The van der Waals surface area contributed by atoms with E-state index in [1.54, 1.807) is 18.2 Å². The Morgan fingerprint density at radius 1 is 1.44 bits per heavy atom. The minimum atomic E-state index is -0.217. The topological polar surface area (TPSA) is 30.5 Å². The molecule has 1 heterocycles. The standard InChI is InChI=1S/C12H16FNO2/c13-12-4-2-1-3-10(12)8-15-9-11-7-14-5-6-16-11/h1-4,11,14H,5-9H2. The van der Waals surface area contributed by atoms with Crippen LogP contribution in [-0.2, 0) is 16.1 Å². The van der Waals surface area contributed by atoms with Crippen LogP contribution in [0.1, 0.15) is 5.56 Å². The quantitative estimate of drug-likeness (QED) is 0.838. The smallest absolute Gasteiger partial charge is 0.128 e. The Bertz CT molecular complexity index is 327. The van der Waals surface area contributed by atoms with Crippen LogP contribution in [0.25, 0.3) is 0 Å². The van der Waals surface area contributed by atoms with Gasteiger partial charge in [0.1, 0.15) is 5.82 Å². The van der Waals surface area contributed by atoms with Gasteiger partial charge in [0.25, 0.3) is 0 Å². The first-order valence-electron chi connectivity index (χ1n) is 5.50. The molecular weight excluding hydrogens is 209 g/mol. The maximum Gasteiger partial charge on any atom is 0.128 e. The molecule has 1 fully saturated rings. The van der Waals surface area contributed by atoms with Gasteiger partial charge < -0.3 is 14.8 Å². The summed E-state index contributed by atoms with van der Waals surface area (Å²) >= 11 is 0. The highest BCUT2D eigenvalue weighted by molar-refractivity contribution is 5.16. The Hall–Kier alpha value is -0.970. The van der Waals surface area contributed by atoms with E-state index in [1.807, 2.05) is 0 Å². The lowest BCUT2D eigenvalue weighted by Crippen LogP contribution is -2.40. The van der Waals surface area contributed by atoms with Crippen molar-refractivity contribution >= 4 is 0 Å². The highest BCUT2D eigenvalue weighted by Gasteiger charge is 2.13. The zero-order valence-corrected chi connectivity index (χ0v) is 9.12. The van der Waals surface area contributed by atoms with Crippen molar-refractivity contribution in [1.29, 1.82) is 0 Å². The first kappa shape index (κ1) is 11.5. The predicted molar refractivity (Wildman–Crippen MR) is 58.7 cm³/mol. The van der Waals surface area contributed by atoms with E-state index in [0.717, 1.165) is 13.1 Å². The van der Waals surface area contributed by atoms with E-state index in [9.17, 15) is 4.39 Å².